The number of carboxylic acid groups (broad SMARTS) is 2. The summed E-state index contributed by atoms with van der Waals surface area (Å²) in [5.74, 6) is -2.64. The maximum Gasteiger partial charge on any atom is 0.337 e. The Labute approximate surface area is 142 Å². The normalized spacial score (nSPS) is 19.3. The maximum absolute atomic E-state index is 11.5. The van der Waals surface area contributed by atoms with Gasteiger partial charge in [0.25, 0.3) is 0 Å². The van der Waals surface area contributed by atoms with E-state index in [-0.39, 0.29) is 17.2 Å². The Morgan fingerprint density at radius 3 is 2.78 bits per heavy atom. The van der Waals surface area contributed by atoms with Gasteiger partial charge in [-0.2, -0.15) is 5.10 Å². The van der Waals surface area contributed by atoms with Crippen molar-refractivity contribution < 1.29 is 24.6 Å². The predicted molar refractivity (Wildman–Crippen MR) is 87.9 cm³/mol. The third-order valence-corrected chi connectivity index (χ3v) is 4.47. The molecule has 1 unspecified atom stereocenters. The fourth-order valence-electron chi connectivity index (χ4n) is 1.76. The number of carbonyl (C=O) groups excluding carboxylic acids is 1. The average Bonchev–Trinajstić information content (AvgIpc) is 2.78. The molecular formula is C13H10BrN3O5S. The van der Waals surface area contributed by atoms with Crippen LogP contribution >= 0.6 is 27.7 Å². The van der Waals surface area contributed by atoms with Crippen LogP contribution in [0.2, 0.25) is 0 Å². The van der Waals surface area contributed by atoms with E-state index in [1.807, 2.05) is 0 Å². The Balaban J connectivity index is 2.14. The largest absolute Gasteiger partial charge is 0.481 e. The van der Waals surface area contributed by atoms with Crippen molar-refractivity contribution >= 4 is 56.9 Å². The lowest BCUT2D eigenvalue weighted by atomic mass is 10.1. The molecule has 1 heterocycles. The Kier molecular flexibility index (Phi) is 5.50. The van der Waals surface area contributed by atoms with Gasteiger partial charge < -0.3 is 15.5 Å². The summed E-state index contributed by atoms with van der Waals surface area (Å²) in [6.07, 6.45) is 0.937. The first-order chi connectivity index (χ1) is 10.9. The Morgan fingerprint density at radius 2 is 2.13 bits per heavy atom. The van der Waals surface area contributed by atoms with Gasteiger partial charge in [0.05, 0.1) is 18.2 Å². The van der Waals surface area contributed by atoms with Gasteiger partial charge in [-0.1, -0.05) is 23.9 Å². The van der Waals surface area contributed by atoms with E-state index >= 15 is 0 Å². The molecule has 1 aliphatic rings. The van der Waals surface area contributed by atoms with Crippen molar-refractivity contribution in [3.63, 3.8) is 0 Å². The van der Waals surface area contributed by atoms with Crippen molar-refractivity contribution in [3.8, 4) is 0 Å². The van der Waals surface area contributed by atoms with E-state index in [2.05, 4.69) is 31.4 Å². The first-order valence-electron chi connectivity index (χ1n) is 6.20. The number of aliphatic carboxylic acids is 1. The summed E-state index contributed by atoms with van der Waals surface area (Å²) in [4.78, 5) is 33.4. The highest BCUT2D eigenvalue weighted by atomic mass is 79.9. The smallest absolute Gasteiger partial charge is 0.337 e. The summed E-state index contributed by atoms with van der Waals surface area (Å²) in [6, 6.07) is 4.81. The van der Waals surface area contributed by atoms with E-state index in [1.165, 1.54) is 6.21 Å². The van der Waals surface area contributed by atoms with Crippen LogP contribution in [0.5, 0.6) is 0 Å². The molecule has 1 aliphatic heterocycles. The molecule has 1 aromatic carbocycles. The number of thioether (sulfide) groups is 1. The number of nitrogens with zero attached hydrogens (tertiary/aromatic N) is 2. The summed E-state index contributed by atoms with van der Waals surface area (Å²) in [7, 11) is 0. The lowest BCUT2D eigenvalue weighted by Gasteiger charge is -2.02. The topological polar surface area (TPSA) is 128 Å². The molecule has 1 atom stereocenters. The highest BCUT2D eigenvalue weighted by molar-refractivity contribution is 9.10. The van der Waals surface area contributed by atoms with Crippen molar-refractivity contribution in [2.75, 3.05) is 0 Å². The summed E-state index contributed by atoms with van der Waals surface area (Å²) in [6.45, 7) is 0. The number of amides is 1. The number of amidine groups is 1. The number of halogens is 1. The molecule has 3 N–H and O–H groups in total. The molecule has 2 rings (SSSR count). The van der Waals surface area contributed by atoms with Gasteiger partial charge in [-0.25, -0.2) is 4.79 Å². The lowest BCUT2D eigenvalue weighted by Crippen LogP contribution is -2.26. The second-order valence-corrected chi connectivity index (χ2v) is 6.40. The van der Waals surface area contributed by atoms with Crippen LogP contribution in [0.3, 0.4) is 0 Å². The molecule has 1 saturated heterocycles. The SMILES string of the molecule is O=C(O)CC1SC(=NN=Cc2cccc(Br)c2C(=O)O)NC1=O. The van der Waals surface area contributed by atoms with E-state index in [1.54, 1.807) is 18.2 Å². The Hall–Kier alpha value is -2.20. The van der Waals surface area contributed by atoms with E-state index < -0.39 is 23.1 Å². The summed E-state index contributed by atoms with van der Waals surface area (Å²) >= 11 is 4.11. The Bertz CT molecular complexity index is 734. The fraction of sp³-hybridized carbons (Fsp3) is 0.154. The van der Waals surface area contributed by atoms with Gasteiger partial charge >= 0.3 is 11.9 Å². The second kappa shape index (κ2) is 7.38. The van der Waals surface area contributed by atoms with Crippen LogP contribution in [0, 0.1) is 0 Å². The molecule has 1 aromatic rings. The first-order valence-corrected chi connectivity index (χ1v) is 7.88. The van der Waals surface area contributed by atoms with Crippen LogP contribution in [0.4, 0.5) is 0 Å². The molecule has 8 nitrogen and oxygen atoms in total. The van der Waals surface area contributed by atoms with Gasteiger partial charge in [0.2, 0.25) is 5.91 Å². The van der Waals surface area contributed by atoms with Crippen LogP contribution in [0.15, 0.2) is 32.9 Å². The highest BCUT2D eigenvalue weighted by Crippen LogP contribution is 2.22. The minimum atomic E-state index is -1.11. The first kappa shape index (κ1) is 17.2. The molecule has 0 aromatic heterocycles. The Morgan fingerprint density at radius 1 is 1.39 bits per heavy atom. The third kappa shape index (κ3) is 4.39. The number of carboxylic acids is 2. The average molecular weight is 400 g/mol. The molecule has 1 fully saturated rings. The zero-order valence-corrected chi connectivity index (χ0v) is 13.8. The van der Waals surface area contributed by atoms with Crippen molar-refractivity contribution in [2.24, 2.45) is 10.2 Å². The number of hydrogen-bond donors (Lipinski definition) is 3. The van der Waals surface area contributed by atoms with E-state index in [0.717, 1.165) is 11.8 Å². The van der Waals surface area contributed by atoms with Crippen molar-refractivity contribution in [3.05, 3.63) is 33.8 Å². The molecule has 23 heavy (non-hydrogen) atoms. The molecule has 0 radical (unpaired) electrons. The van der Waals surface area contributed by atoms with E-state index in [4.69, 9.17) is 10.2 Å². The molecule has 1 amide bonds. The minimum Gasteiger partial charge on any atom is -0.481 e. The van der Waals surface area contributed by atoms with Gasteiger partial charge in [-0.15, -0.1) is 5.10 Å². The number of benzene rings is 1. The van der Waals surface area contributed by atoms with E-state index in [0.29, 0.717) is 10.0 Å². The highest BCUT2D eigenvalue weighted by Gasteiger charge is 2.32. The number of nitrogens with one attached hydrogen (secondary N) is 1. The molecule has 0 bridgehead atoms. The van der Waals surface area contributed by atoms with Gasteiger partial charge in [-0.3, -0.25) is 9.59 Å². The van der Waals surface area contributed by atoms with Gasteiger partial charge in [0.1, 0.15) is 5.25 Å². The van der Waals surface area contributed by atoms with Crippen LogP contribution in [0.1, 0.15) is 22.3 Å². The maximum atomic E-state index is 11.5. The van der Waals surface area contributed by atoms with Crippen molar-refractivity contribution in [1.82, 2.24) is 5.32 Å². The molecule has 0 aliphatic carbocycles. The number of aromatic carboxylic acids is 1. The van der Waals surface area contributed by atoms with Gasteiger partial charge in [0.15, 0.2) is 5.17 Å². The molecule has 0 spiro atoms. The zero-order chi connectivity index (χ0) is 17.0. The van der Waals surface area contributed by atoms with Crippen LogP contribution in [0.25, 0.3) is 0 Å². The molecule has 0 saturated carbocycles. The number of rotatable bonds is 5. The van der Waals surface area contributed by atoms with Crippen molar-refractivity contribution in [2.45, 2.75) is 11.7 Å². The number of carbonyl (C=O) groups is 3. The molecule has 120 valence electrons. The second-order valence-electron chi connectivity index (χ2n) is 4.35. The summed E-state index contributed by atoms with van der Waals surface area (Å²) < 4.78 is 0.409. The van der Waals surface area contributed by atoms with Crippen molar-refractivity contribution in [1.29, 1.82) is 0 Å². The molecule has 10 heteroatoms. The van der Waals surface area contributed by atoms with Gasteiger partial charge in [0, 0.05) is 10.0 Å². The minimum absolute atomic E-state index is 0.0447. The third-order valence-electron chi connectivity index (χ3n) is 2.74. The van der Waals surface area contributed by atoms with E-state index in [9.17, 15) is 14.4 Å². The van der Waals surface area contributed by atoms with Crippen LogP contribution in [-0.4, -0.2) is 44.7 Å². The fourth-order valence-corrected chi connectivity index (χ4v) is 3.23. The van der Waals surface area contributed by atoms with Crippen LogP contribution < -0.4 is 5.32 Å². The summed E-state index contributed by atoms with van der Waals surface area (Å²) in [5.41, 5.74) is 0.385. The van der Waals surface area contributed by atoms with Gasteiger partial charge in [-0.05, 0) is 22.0 Å². The monoisotopic (exact) mass is 399 g/mol. The predicted octanol–water partition coefficient (Wildman–Crippen LogP) is 1.54. The number of hydrogen-bond acceptors (Lipinski definition) is 6. The standard InChI is InChI=1S/C13H10BrN3O5S/c14-7-3-1-2-6(10(7)12(21)22)5-15-17-13-16-11(20)8(23-13)4-9(18)19/h1-3,5,8H,4H2,(H,18,19)(H,21,22)(H,16,17,20). The molecular weight excluding hydrogens is 390 g/mol. The zero-order valence-electron chi connectivity index (χ0n) is 11.4. The lowest BCUT2D eigenvalue weighted by molar-refractivity contribution is -0.138. The van der Waals surface area contributed by atoms with Crippen LogP contribution in [-0.2, 0) is 9.59 Å². The summed E-state index contributed by atoms with van der Waals surface area (Å²) in [5, 5.41) is 27.2. The quantitative estimate of drug-likeness (QED) is 0.508.